The molecule has 9 heteroatoms. The average Bonchev–Trinajstić information content (AvgIpc) is 3.37. The third kappa shape index (κ3) is 5.43. The zero-order chi connectivity index (χ0) is 26.7. The van der Waals surface area contributed by atoms with Crippen molar-refractivity contribution in [1.82, 2.24) is 19.7 Å². The van der Waals surface area contributed by atoms with Crippen LogP contribution in [0.2, 0.25) is 0 Å². The predicted molar refractivity (Wildman–Crippen MR) is 139 cm³/mol. The summed E-state index contributed by atoms with van der Waals surface area (Å²) in [5.74, 6) is -0.808. The highest BCUT2D eigenvalue weighted by Crippen LogP contribution is 2.34. The lowest BCUT2D eigenvalue weighted by atomic mass is 9.87. The van der Waals surface area contributed by atoms with Crippen LogP contribution in [0.15, 0.2) is 48.8 Å². The highest BCUT2D eigenvalue weighted by Gasteiger charge is 2.42. The van der Waals surface area contributed by atoms with E-state index in [2.05, 4.69) is 31.9 Å². The SMILES string of the molecule is CN1CCN(C(=O)C(c2cccnc2)N(C(=O)[C@H]2CCCN2C#N)c2ccc(C(C)(C)C)cc2)CC1=O. The average molecular weight is 503 g/mol. The molecule has 194 valence electrons. The first-order valence-electron chi connectivity index (χ1n) is 12.6. The van der Waals surface area contributed by atoms with E-state index in [0.717, 1.165) is 12.0 Å². The lowest BCUT2D eigenvalue weighted by Crippen LogP contribution is -2.55. The molecule has 0 N–H and O–H groups in total. The predicted octanol–water partition coefficient (Wildman–Crippen LogP) is 2.70. The minimum absolute atomic E-state index is 0.0508. The summed E-state index contributed by atoms with van der Waals surface area (Å²) in [6.07, 6.45) is 6.59. The monoisotopic (exact) mass is 502 g/mol. The number of anilines is 1. The zero-order valence-corrected chi connectivity index (χ0v) is 21.9. The topological polar surface area (TPSA) is 101 Å². The molecule has 2 aliphatic heterocycles. The van der Waals surface area contributed by atoms with E-state index in [-0.39, 0.29) is 29.7 Å². The van der Waals surface area contributed by atoms with Gasteiger partial charge in [-0.3, -0.25) is 29.2 Å². The van der Waals surface area contributed by atoms with Gasteiger partial charge in [0.1, 0.15) is 12.1 Å². The van der Waals surface area contributed by atoms with Gasteiger partial charge in [-0.2, -0.15) is 5.26 Å². The van der Waals surface area contributed by atoms with Crippen LogP contribution in [0.25, 0.3) is 0 Å². The highest BCUT2D eigenvalue weighted by molar-refractivity contribution is 6.04. The molecule has 2 saturated heterocycles. The van der Waals surface area contributed by atoms with Crippen molar-refractivity contribution in [3.63, 3.8) is 0 Å². The zero-order valence-electron chi connectivity index (χ0n) is 21.9. The summed E-state index contributed by atoms with van der Waals surface area (Å²) >= 11 is 0. The first-order valence-corrected chi connectivity index (χ1v) is 12.6. The number of piperazine rings is 1. The van der Waals surface area contributed by atoms with Gasteiger partial charge in [-0.1, -0.05) is 39.0 Å². The minimum Gasteiger partial charge on any atom is -0.342 e. The summed E-state index contributed by atoms with van der Waals surface area (Å²) in [4.78, 5) is 51.1. The van der Waals surface area contributed by atoms with Crippen LogP contribution in [0.3, 0.4) is 0 Å². The van der Waals surface area contributed by atoms with Crippen molar-refractivity contribution < 1.29 is 14.4 Å². The number of hydrogen-bond acceptors (Lipinski definition) is 6. The first kappa shape index (κ1) is 26.1. The van der Waals surface area contributed by atoms with Gasteiger partial charge in [0.25, 0.3) is 11.8 Å². The lowest BCUT2D eigenvalue weighted by molar-refractivity contribution is -0.145. The van der Waals surface area contributed by atoms with Crippen LogP contribution in [0, 0.1) is 11.5 Å². The molecule has 3 heterocycles. The molecule has 37 heavy (non-hydrogen) atoms. The van der Waals surface area contributed by atoms with Crippen LogP contribution in [-0.2, 0) is 19.8 Å². The quantitative estimate of drug-likeness (QED) is 0.583. The summed E-state index contributed by atoms with van der Waals surface area (Å²) < 4.78 is 0. The van der Waals surface area contributed by atoms with Gasteiger partial charge in [-0.05, 0) is 42.0 Å². The number of pyridine rings is 1. The molecular formula is C28H34N6O3. The van der Waals surface area contributed by atoms with Gasteiger partial charge in [0.05, 0.1) is 6.54 Å². The number of nitrogens with zero attached hydrogens (tertiary/aromatic N) is 6. The van der Waals surface area contributed by atoms with Crippen LogP contribution in [0.4, 0.5) is 5.69 Å². The number of nitriles is 1. The van der Waals surface area contributed by atoms with Crippen LogP contribution >= 0.6 is 0 Å². The molecule has 0 saturated carbocycles. The van der Waals surface area contributed by atoms with E-state index in [1.807, 2.05) is 24.3 Å². The largest absolute Gasteiger partial charge is 0.342 e. The molecule has 2 fully saturated rings. The maximum atomic E-state index is 14.2. The smallest absolute Gasteiger partial charge is 0.251 e. The molecular weight excluding hydrogens is 468 g/mol. The Labute approximate surface area is 218 Å². The number of aromatic nitrogens is 1. The van der Waals surface area contributed by atoms with E-state index in [1.165, 1.54) is 14.7 Å². The Kier molecular flexibility index (Phi) is 7.48. The summed E-state index contributed by atoms with van der Waals surface area (Å²) in [7, 11) is 1.71. The lowest BCUT2D eigenvalue weighted by Gasteiger charge is -2.39. The summed E-state index contributed by atoms with van der Waals surface area (Å²) in [6, 6.07) is 9.47. The highest BCUT2D eigenvalue weighted by atomic mass is 16.2. The van der Waals surface area contributed by atoms with Crippen molar-refractivity contribution in [3.8, 4) is 6.19 Å². The number of benzene rings is 1. The number of likely N-dealkylation sites (tertiary alicyclic amines) is 1. The molecule has 2 aromatic rings. The number of likely N-dealkylation sites (N-methyl/N-ethyl adjacent to an activating group) is 1. The summed E-state index contributed by atoms with van der Waals surface area (Å²) in [5.41, 5.74) is 2.12. The number of carbonyl (C=O) groups is 3. The van der Waals surface area contributed by atoms with Crippen LogP contribution in [0.5, 0.6) is 0 Å². The fraction of sp³-hybridized carbons (Fsp3) is 0.464. The molecule has 1 unspecified atom stereocenters. The molecule has 4 rings (SSSR count). The second-order valence-corrected chi connectivity index (χ2v) is 10.7. The van der Waals surface area contributed by atoms with Crippen molar-refractivity contribution in [2.45, 2.75) is 51.1 Å². The first-order chi connectivity index (χ1) is 17.6. The number of amides is 3. The van der Waals surface area contributed by atoms with E-state index in [0.29, 0.717) is 37.3 Å². The van der Waals surface area contributed by atoms with Gasteiger partial charge in [0, 0.05) is 50.3 Å². The molecule has 0 aliphatic carbocycles. The molecule has 0 spiro atoms. The van der Waals surface area contributed by atoms with Gasteiger partial charge in [-0.15, -0.1) is 0 Å². The van der Waals surface area contributed by atoms with Crippen molar-refractivity contribution in [2.24, 2.45) is 0 Å². The van der Waals surface area contributed by atoms with Gasteiger partial charge < -0.3 is 9.80 Å². The Hall–Kier alpha value is -3.93. The van der Waals surface area contributed by atoms with E-state index in [4.69, 9.17) is 0 Å². The normalized spacial score (nSPS) is 18.9. The third-order valence-electron chi connectivity index (χ3n) is 7.18. The fourth-order valence-electron chi connectivity index (χ4n) is 4.89. The van der Waals surface area contributed by atoms with E-state index in [9.17, 15) is 19.6 Å². The Morgan fingerprint density at radius 1 is 1.14 bits per heavy atom. The Balaban J connectivity index is 1.82. The Morgan fingerprint density at radius 2 is 1.86 bits per heavy atom. The second kappa shape index (κ2) is 10.6. The minimum atomic E-state index is -1.03. The second-order valence-electron chi connectivity index (χ2n) is 10.7. The van der Waals surface area contributed by atoms with E-state index in [1.54, 1.807) is 36.5 Å². The van der Waals surface area contributed by atoms with Crippen molar-refractivity contribution in [3.05, 3.63) is 59.9 Å². The van der Waals surface area contributed by atoms with Crippen molar-refractivity contribution in [1.29, 1.82) is 5.26 Å². The van der Waals surface area contributed by atoms with E-state index >= 15 is 0 Å². The van der Waals surface area contributed by atoms with Crippen LogP contribution < -0.4 is 4.90 Å². The molecule has 9 nitrogen and oxygen atoms in total. The van der Waals surface area contributed by atoms with Crippen LogP contribution in [0.1, 0.15) is 50.8 Å². The summed E-state index contributed by atoms with van der Waals surface area (Å²) in [5, 5.41) is 9.66. The molecule has 2 atom stereocenters. The maximum absolute atomic E-state index is 14.2. The van der Waals surface area contributed by atoms with Gasteiger partial charge in [0.2, 0.25) is 5.91 Å². The molecule has 2 aliphatic rings. The number of hydrogen-bond donors (Lipinski definition) is 0. The Bertz CT molecular complexity index is 1190. The van der Waals surface area contributed by atoms with Crippen molar-refractivity contribution in [2.75, 3.05) is 38.1 Å². The molecule has 1 aromatic carbocycles. The van der Waals surface area contributed by atoms with Crippen LogP contribution in [-0.4, -0.2) is 76.7 Å². The van der Waals surface area contributed by atoms with Crippen molar-refractivity contribution >= 4 is 23.4 Å². The van der Waals surface area contributed by atoms with E-state index < -0.39 is 12.1 Å². The van der Waals surface area contributed by atoms with Gasteiger partial charge in [0.15, 0.2) is 6.19 Å². The molecule has 1 aromatic heterocycles. The Morgan fingerprint density at radius 3 is 2.46 bits per heavy atom. The van der Waals surface area contributed by atoms with Gasteiger partial charge in [-0.25, -0.2) is 0 Å². The standard InChI is InChI=1S/C28H34N6O3/c1-28(2,3)21-9-11-22(12-10-21)34(26(36)23-8-6-14-33(23)19-29)25(20-7-5-13-30-17-20)27(37)32-16-15-31(4)24(35)18-32/h5,7,9-13,17,23,25H,6,8,14-16,18H2,1-4H3/t23-,25?/m1/s1. The maximum Gasteiger partial charge on any atom is 0.251 e. The summed E-state index contributed by atoms with van der Waals surface area (Å²) in [6.45, 7) is 7.58. The number of carbonyl (C=O) groups excluding carboxylic acids is 3. The fourth-order valence-corrected chi connectivity index (χ4v) is 4.89. The molecule has 0 bridgehead atoms. The number of rotatable bonds is 5. The molecule has 3 amide bonds. The third-order valence-corrected chi connectivity index (χ3v) is 7.18. The molecule has 0 radical (unpaired) electrons. The van der Waals surface area contributed by atoms with Gasteiger partial charge >= 0.3 is 0 Å².